The molecule has 1 aromatic rings. The number of nitro groups is 1. The molecule has 1 aliphatic rings. The van der Waals surface area contributed by atoms with Crippen molar-refractivity contribution < 1.29 is 19.2 Å². The van der Waals surface area contributed by atoms with E-state index in [0.717, 1.165) is 0 Å². The standard InChI is InChI=1S/C12H11N3O5/c1-2-20-8-3-4-10(15(18)19)7(5-8)6-9-11(16)14-12(17)13-9/h3-6H,2H2,1H3,(H2,13,14,16,17)/b9-6-. The largest absolute Gasteiger partial charge is 0.494 e. The van der Waals surface area contributed by atoms with E-state index >= 15 is 0 Å². The molecule has 0 atom stereocenters. The number of nitrogens with one attached hydrogen (secondary N) is 2. The molecular formula is C12H11N3O5. The molecule has 1 fully saturated rings. The minimum atomic E-state index is -0.662. The number of rotatable bonds is 4. The first kappa shape index (κ1) is 13.5. The minimum Gasteiger partial charge on any atom is -0.494 e. The van der Waals surface area contributed by atoms with E-state index in [-0.39, 0.29) is 16.9 Å². The Morgan fingerprint density at radius 1 is 1.35 bits per heavy atom. The molecule has 0 spiro atoms. The first-order valence-corrected chi connectivity index (χ1v) is 5.76. The third kappa shape index (κ3) is 2.74. The number of carbonyl (C=O) groups is 2. The Labute approximate surface area is 113 Å². The summed E-state index contributed by atoms with van der Waals surface area (Å²) >= 11 is 0. The first-order valence-electron chi connectivity index (χ1n) is 5.76. The van der Waals surface area contributed by atoms with Crippen LogP contribution in [0.1, 0.15) is 12.5 Å². The van der Waals surface area contributed by atoms with Crippen LogP contribution in [0.25, 0.3) is 6.08 Å². The van der Waals surface area contributed by atoms with Gasteiger partial charge >= 0.3 is 6.03 Å². The van der Waals surface area contributed by atoms with E-state index in [1.54, 1.807) is 6.92 Å². The van der Waals surface area contributed by atoms with Crippen LogP contribution < -0.4 is 15.4 Å². The van der Waals surface area contributed by atoms with E-state index < -0.39 is 16.9 Å². The summed E-state index contributed by atoms with van der Waals surface area (Å²) in [5.41, 5.74) is -0.0602. The second kappa shape index (κ2) is 5.39. The van der Waals surface area contributed by atoms with Crippen LogP contribution in [0.3, 0.4) is 0 Å². The Morgan fingerprint density at radius 2 is 2.10 bits per heavy atom. The number of urea groups is 1. The second-order valence-corrected chi connectivity index (χ2v) is 3.88. The fourth-order valence-corrected chi connectivity index (χ4v) is 1.71. The molecule has 0 radical (unpaired) electrons. The van der Waals surface area contributed by atoms with Gasteiger partial charge in [0.05, 0.1) is 17.1 Å². The van der Waals surface area contributed by atoms with Crippen LogP contribution in [-0.2, 0) is 4.79 Å². The maximum Gasteiger partial charge on any atom is 0.326 e. The molecule has 2 N–H and O–H groups in total. The quantitative estimate of drug-likeness (QED) is 0.371. The highest BCUT2D eigenvalue weighted by Gasteiger charge is 2.24. The van der Waals surface area contributed by atoms with Crippen molar-refractivity contribution in [1.29, 1.82) is 0 Å². The van der Waals surface area contributed by atoms with Crippen molar-refractivity contribution >= 4 is 23.7 Å². The van der Waals surface area contributed by atoms with Crippen LogP contribution in [0, 0.1) is 10.1 Å². The number of hydrogen-bond acceptors (Lipinski definition) is 5. The summed E-state index contributed by atoms with van der Waals surface area (Å²) in [6, 6.07) is 3.53. The minimum absolute atomic E-state index is 0.0493. The van der Waals surface area contributed by atoms with E-state index in [2.05, 4.69) is 5.32 Å². The van der Waals surface area contributed by atoms with Gasteiger partial charge in [-0.1, -0.05) is 0 Å². The number of hydrogen-bond donors (Lipinski definition) is 2. The van der Waals surface area contributed by atoms with Crippen LogP contribution in [0.5, 0.6) is 5.75 Å². The van der Waals surface area contributed by atoms with Gasteiger partial charge in [0.15, 0.2) is 0 Å². The number of imide groups is 1. The molecule has 1 aromatic carbocycles. The van der Waals surface area contributed by atoms with Crippen LogP contribution in [0.4, 0.5) is 10.5 Å². The van der Waals surface area contributed by atoms with Crippen LogP contribution in [0.2, 0.25) is 0 Å². The van der Waals surface area contributed by atoms with E-state index in [4.69, 9.17) is 4.74 Å². The van der Waals surface area contributed by atoms with Crippen molar-refractivity contribution in [1.82, 2.24) is 10.6 Å². The molecule has 0 saturated carbocycles. The molecule has 1 saturated heterocycles. The third-order valence-electron chi connectivity index (χ3n) is 2.53. The molecule has 0 aromatic heterocycles. The van der Waals surface area contributed by atoms with Crippen molar-refractivity contribution in [2.75, 3.05) is 6.61 Å². The second-order valence-electron chi connectivity index (χ2n) is 3.88. The van der Waals surface area contributed by atoms with Gasteiger partial charge in [-0.2, -0.15) is 0 Å². The van der Waals surface area contributed by atoms with E-state index in [9.17, 15) is 19.7 Å². The number of carbonyl (C=O) groups excluding carboxylic acids is 2. The molecule has 0 unspecified atom stereocenters. The van der Waals surface area contributed by atoms with E-state index in [1.165, 1.54) is 24.3 Å². The van der Waals surface area contributed by atoms with Crippen LogP contribution in [-0.4, -0.2) is 23.5 Å². The Bertz CT molecular complexity index is 624. The molecule has 0 aliphatic carbocycles. The summed E-state index contributed by atoms with van der Waals surface area (Å²) in [6.45, 7) is 2.19. The predicted molar refractivity (Wildman–Crippen MR) is 68.9 cm³/mol. The van der Waals surface area contributed by atoms with Crippen LogP contribution in [0.15, 0.2) is 23.9 Å². The van der Waals surface area contributed by atoms with Crippen molar-refractivity contribution in [3.63, 3.8) is 0 Å². The monoisotopic (exact) mass is 277 g/mol. The van der Waals surface area contributed by atoms with Gasteiger partial charge in [-0.3, -0.25) is 20.2 Å². The van der Waals surface area contributed by atoms with Gasteiger partial charge in [0.1, 0.15) is 11.4 Å². The number of nitro benzene ring substituents is 1. The molecule has 104 valence electrons. The fraction of sp³-hybridized carbons (Fsp3) is 0.167. The summed E-state index contributed by atoms with van der Waals surface area (Å²) in [6.07, 6.45) is 1.24. The number of amides is 3. The van der Waals surface area contributed by atoms with E-state index in [0.29, 0.717) is 12.4 Å². The van der Waals surface area contributed by atoms with Gasteiger partial charge in [0, 0.05) is 6.07 Å². The zero-order valence-electron chi connectivity index (χ0n) is 10.5. The highest BCUT2D eigenvalue weighted by Crippen LogP contribution is 2.26. The van der Waals surface area contributed by atoms with Crippen molar-refractivity contribution in [3.8, 4) is 5.75 Å². The Kier molecular flexibility index (Phi) is 3.65. The van der Waals surface area contributed by atoms with Crippen molar-refractivity contribution in [3.05, 3.63) is 39.6 Å². The van der Waals surface area contributed by atoms with Gasteiger partial charge < -0.3 is 10.1 Å². The highest BCUT2D eigenvalue weighted by molar-refractivity contribution is 6.14. The van der Waals surface area contributed by atoms with Gasteiger partial charge in [-0.15, -0.1) is 0 Å². The topological polar surface area (TPSA) is 111 Å². The summed E-state index contributed by atoms with van der Waals surface area (Å²) < 4.78 is 5.25. The van der Waals surface area contributed by atoms with Gasteiger partial charge in [0.2, 0.25) is 0 Å². The molecule has 0 bridgehead atoms. The SMILES string of the molecule is CCOc1ccc([N+](=O)[O-])c(/C=C2\NC(=O)NC2=O)c1. The van der Waals surface area contributed by atoms with Crippen molar-refractivity contribution in [2.45, 2.75) is 6.92 Å². The zero-order chi connectivity index (χ0) is 14.7. The third-order valence-corrected chi connectivity index (χ3v) is 2.53. The lowest BCUT2D eigenvalue weighted by molar-refractivity contribution is -0.385. The smallest absolute Gasteiger partial charge is 0.326 e. The highest BCUT2D eigenvalue weighted by atomic mass is 16.6. The van der Waals surface area contributed by atoms with Crippen molar-refractivity contribution in [2.24, 2.45) is 0 Å². The summed E-state index contributed by atoms with van der Waals surface area (Å²) in [7, 11) is 0. The molecule has 3 amide bonds. The molecular weight excluding hydrogens is 266 g/mol. The fourth-order valence-electron chi connectivity index (χ4n) is 1.71. The maximum atomic E-state index is 11.4. The molecule has 1 heterocycles. The average molecular weight is 277 g/mol. The maximum absolute atomic E-state index is 11.4. The lowest BCUT2D eigenvalue weighted by atomic mass is 10.1. The summed E-state index contributed by atoms with van der Waals surface area (Å²) in [5.74, 6) is -0.194. The lowest BCUT2D eigenvalue weighted by Crippen LogP contribution is -2.22. The van der Waals surface area contributed by atoms with Crippen LogP contribution >= 0.6 is 0 Å². The molecule has 2 rings (SSSR count). The number of benzene rings is 1. The average Bonchev–Trinajstić information content (AvgIpc) is 2.68. The molecule has 8 nitrogen and oxygen atoms in total. The molecule has 1 aliphatic heterocycles. The van der Waals surface area contributed by atoms with Gasteiger partial charge in [-0.25, -0.2) is 4.79 Å². The summed E-state index contributed by atoms with van der Waals surface area (Å²) in [5, 5.41) is 15.2. The van der Waals surface area contributed by atoms with Gasteiger partial charge in [-0.05, 0) is 25.1 Å². The Balaban J connectivity index is 2.45. The number of ether oxygens (including phenoxy) is 1. The Morgan fingerprint density at radius 3 is 2.65 bits per heavy atom. The van der Waals surface area contributed by atoms with E-state index in [1.807, 2.05) is 5.32 Å². The number of nitrogens with zero attached hydrogens (tertiary/aromatic N) is 1. The zero-order valence-corrected chi connectivity index (χ0v) is 10.5. The first-order chi connectivity index (χ1) is 9.51. The lowest BCUT2D eigenvalue weighted by Gasteiger charge is -2.05. The summed E-state index contributed by atoms with van der Waals surface area (Å²) in [4.78, 5) is 32.8. The molecule has 8 heteroatoms. The predicted octanol–water partition coefficient (Wildman–Crippen LogP) is 1.17. The molecule has 20 heavy (non-hydrogen) atoms. The van der Waals surface area contributed by atoms with Gasteiger partial charge in [0.25, 0.3) is 11.6 Å². The Hall–Kier alpha value is -2.90. The normalized spacial score (nSPS) is 15.9.